The number of halogens is 2. The number of nitrogens with one attached hydrogen (secondary N) is 1. The fourth-order valence-corrected chi connectivity index (χ4v) is 2.49. The van der Waals surface area contributed by atoms with Crippen molar-refractivity contribution in [2.24, 2.45) is 0 Å². The van der Waals surface area contributed by atoms with Gasteiger partial charge in [0, 0.05) is 24.3 Å². The van der Waals surface area contributed by atoms with Crippen molar-refractivity contribution in [3.63, 3.8) is 0 Å². The Hall–Kier alpha value is -2.43. The molecule has 21 heavy (non-hydrogen) atoms. The molecule has 0 unspecified atom stereocenters. The number of hydrogen-bond acceptors (Lipinski definition) is 1. The number of carbonyl (C=O) groups is 1. The molecule has 0 aliphatic carbocycles. The zero-order valence-corrected chi connectivity index (χ0v) is 11.3. The molecule has 3 nitrogen and oxygen atoms in total. The molecule has 1 N–H and O–H groups in total. The minimum absolute atomic E-state index is 0.0406. The number of carbonyl (C=O) groups excluding carboxylic acids is 1. The summed E-state index contributed by atoms with van der Waals surface area (Å²) in [6.07, 6.45) is 0.803. The molecular formula is C16H14F2N2O. The molecule has 0 aromatic heterocycles. The normalized spacial score (nSPS) is 13.1. The van der Waals surface area contributed by atoms with E-state index in [1.807, 2.05) is 24.3 Å². The Morgan fingerprint density at radius 3 is 2.86 bits per heavy atom. The van der Waals surface area contributed by atoms with Crippen LogP contribution in [0.4, 0.5) is 19.3 Å². The van der Waals surface area contributed by atoms with E-state index < -0.39 is 11.6 Å². The van der Waals surface area contributed by atoms with E-state index in [1.54, 1.807) is 4.90 Å². The predicted octanol–water partition coefficient (Wildman–Crippen LogP) is 3.24. The monoisotopic (exact) mass is 288 g/mol. The van der Waals surface area contributed by atoms with Crippen LogP contribution in [0, 0.1) is 11.6 Å². The summed E-state index contributed by atoms with van der Waals surface area (Å²) >= 11 is 0. The van der Waals surface area contributed by atoms with Gasteiger partial charge < -0.3 is 5.32 Å². The zero-order chi connectivity index (χ0) is 14.8. The summed E-state index contributed by atoms with van der Waals surface area (Å²) in [6, 6.07) is 10.6. The van der Waals surface area contributed by atoms with Crippen molar-refractivity contribution in [1.82, 2.24) is 5.32 Å². The van der Waals surface area contributed by atoms with E-state index in [0.29, 0.717) is 6.54 Å². The Morgan fingerprint density at radius 1 is 1.19 bits per heavy atom. The summed E-state index contributed by atoms with van der Waals surface area (Å²) in [7, 11) is 0. The van der Waals surface area contributed by atoms with Crippen LogP contribution >= 0.6 is 0 Å². The number of anilines is 1. The van der Waals surface area contributed by atoms with Gasteiger partial charge in [-0.2, -0.15) is 0 Å². The molecule has 0 saturated heterocycles. The molecule has 0 radical (unpaired) electrons. The van der Waals surface area contributed by atoms with Crippen LogP contribution in [-0.4, -0.2) is 12.6 Å². The van der Waals surface area contributed by atoms with Crippen molar-refractivity contribution in [2.45, 2.75) is 13.0 Å². The third-order valence-corrected chi connectivity index (χ3v) is 3.57. The molecule has 0 spiro atoms. The van der Waals surface area contributed by atoms with Crippen LogP contribution < -0.4 is 10.2 Å². The molecule has 0 fully saturated rings. The van der Waals surface area contributed by atoms with Gasteiger partial charge in [-0.1, -0.05) is 18.2 Å². The van der Waals surface area contributed by atoms with Crippen LogP contribution in [0.5, 0.6) is 0 Å². The smallest absolute Gasteiger partial charge is 0.322 e. The highest BCUT2D eigenvalue weighted by Gasteiger charge is 2.23. The van der Waals surface area contributed by atoms with Gasteiger partial charge in [0.1, 0.15) is 11.6 Å². The first-order chi connectivity index (χ1) is 10.1. The molecule has 2 aromatic rings. The van der Waals surface area contributed by atoms with Crippen molar-refractivity contribution < 1.29 is 13.6 Å². The number of fused-ring (bicyclic) bond motifs is 1. The van der Waals surface area contributed by atoms with Gasteiger partial charge >= 0.3 is 6.03 Å². The number of rotatable bonds is 2. The Kier molecular flexibility index (Phi) is 3.56. The van der Waals surface area contributed by atoms with E-state index in [2.05, 4.69) is 5.32 Å². The molecular weight excluding hydrogens is 274 g/mol. The van der Waals surface area contributed by atoms with Gasteiger partial charge in [0.25, 0.3) is 0 Å². The predicted molar refractivity (Wildman–Crippen MR) is 76.1 cm³/mol. The van der Waals surface area contributed by atoms with E-state index in [9.17, 15) is 13.6 Å². The van der Waals surface area contributed by atoms with Gasteiger partial charge in [-0.05, 0) is 36.2 Å². The Balaban J connectivity index is 1.69. The second-order valence-corrected chi connectivity index (χ2v) is 4.92. The molecule has 1 heterocycles. The second kappa shape index (κ2) is 5.52. The van der Waals surface area contributed by atoms with Crippen molar-refractivity contribution in [1.29, 1.82) is 0 Å². The number of para-hydroxylation sites is 1. The molecule has 5 heteroatoms. The van der Waals surface area contributed by atoms with Crippen molar-refractivity contribution in [3.8, 4) is 0 Å². The molecule has 3 rings (SSSR count). The van der Waals surface area contributed by atoms with Crippen LogP contribution in [0.3, 0.4) is 0 Å². The van der Waals surface area contributed by atoms with Crippen molar-refractivity contribution in [2.75, 3.05) is 11.4 Å². The number of nitrogens with zero attached hydrogens (tertiary/aromatic N) is 1. The number of amides is 2. The first kappa shape index (κ1) is 13.5. The zero-order valence-electron chi connectivity index (χ0n) is 11.3. The van der Waals surface area contributed by atoms with E-state index >= 15 is 0 Å². The average molecular weight is 288 g/mol. The molecule has 0 saturated carbocycles. The molecule has 1 aliphatic rings. The van der Waals surface area contributed by atoms with E-state index in [4.69, 9.17) is 0 Å². The van der Waals surface area contributed by atoms with Crippen LogP contribution in [0.25, 0.3) is 0 Å². The second-order valence-electron chi connectivity index (χ2n) is 4.92. The third kappa shape index (κ3) is 2.72. The lowest BCUT2D eigenvalue weighted by Gasteiger charge is -2.18. The highest BCUT2D eigenvalue weighted by Crippen LogP contribution is 2.27. The molecule has 2 aromatic carbocycles. The summed E-state index contributed by atoms with van der Waals surface area (Å²) in [5.41, 5.74) is 2.12. The summed E-state index contributed by atoms with van der Waals surface area (Å²) in [4.78, 5) is 13.8. The number of hydrogen-bond donors (Lipinski definition) is 1. The third-order valence-electron chi connectivity index (χ3n) is 3.57. The maximum Gasteiger partial charge on any atom is 0.322 e. The van der Waals surface area contributed by atoms with Crippen molar-refractivity contribution in [3.05, 3.63) is 65.2 Å². The van der Waals surface area contributed by atoms with Gasteiger partial charge in [0.05, 0.1) is 0 Å². The lowest BCUT2D eigenvalue weighted by atomic mass is 10.2. The molecule has 108 valence electrons. The first-order valence-electron chi connectivity index (χ1n) is 6.72. The fourth-order valence-electron chi connectivity index (χ4n) is 2.49. The lowest BCUT2D eigenvalue weighted by molar-refractivity contribution is 0.246. The van der Waals surface area contributed by atoms with Gasteiger partial charge in [-0.15, -0.1) is 0 Å². The fraction of sp³-hybridized carbons (Fsp3) is 0.188. The molecule has 1 aliphatic heterocycles. The summed E-state index contributed by atoms with van der Waals surface area (Å²) in [5.74, 6) is -1.05. The van der Waals surface area contributed by atoms with Crippen LogP contribution in [-0.2, 0) is 13.0 Å². The molecule has 0 atom stereocenters. The summed E-state index contributed by atoms with van der Waals surface area (Å²) < 4.78 is 26.6. The van der Waals surface area contributed by atoms with Gasteiger partial charge in [0.2, 0.25) is 0 Å². The average Bonchev–Trinajstić information content (AvgIpc) is 2.92. The van der Waals surface area contributed by atoms with Crippen LogP contribution in [0.2, 0.25) is 0 Å². The Bertz CT molecular complexity index is 688. The van der Waals surface area contributed by atoms with Gasteiger partial charge in [-0.3, -0.25) is 4.90 Å². The SMILES string of the molecule is O=C(NCc1cc(F)ccc1F)N1CCc2ccccc21. The van der Waals surface area contributed by atoms with Crippen molar-refractivity contribution >= 4 is 11.7 Å². The number of urea groups is 1. The minimum Gasteiger partial charge on any atom is -0.333 e. The maximum absolute atomic E-state index is 13.5. The Labute approximate surface area is 121 Å². The highest BCUT2D eigenvalue weighted by atomic mass is 19.1. The minimum atomic E-state index is -0.529. The van der Waals surface area contributed by atoms with Gasteiger partial charge in [0.15, 0.2) is 0 Å². The maximum atomic E-state index is 13.5. The molecule has 2 amide bonds. The first-order valence-corrected chi connectivity index (χ1v) is 6.72. The van der Waals surface area contributed by atoms with Crippen LogP contribution in [0.1, 0.15) is 11.1 Å². The van der Waals surface area contributed by atoms with Gasteiger partial charge in [-0.25, -0.2) is 13.6 Å². The summed E-state index contributed by atoms with van der Waals surface area (Å²) in [6.45, 7) is 0.553. The molecule has 0 bridgehead atoms. The van der Waals surface area contributed by atoms with E-state index in [-0.39, 0.29) is 18.1 Å². The summed E-state index contributed by atoms with van der Waals surface area (Å²) in [5, 5.41) is 2.63. The largest absolute Gasteiger partial charge is 0.333 e. The highest BCUT2D eigenvalue weighted by molar-refractivity contribution is 5.94. The number of benzene rings is 2. The lowest BCUT2D eigenvalue weighted by Crippen LogP contribution is -2.38. The Morgan fingerprint density at radius 2 is 2.00 bits per heavy atom. The van der Waals surface area contributed by atoms with E-state index in [0.717, 1.165) is 35.9 Å². The van der Waals surface area contributed by atoms with Crippen LogP contribution in [0.15, 0.2) is 42.5 Å². The van der Waals surface area contributed by atoms with E-state index in [1.165, 1.54) is 0 Å². The topological polar surface area (TPSA) is 32.3 Å². The quantitative estimate of drug-likeness (QED) is 0.904. The standard InChI is InChI=1S/C16H14F2N2O/c17-13-5-6-14(18)12(9-13)10-19-16(21)20-8-7-11-3-1-2-4-15(11)20/h1-6,9H,7-8,10H2,(H,19,21).